The second-order valence-electron chi connectivity index (χ2n) is 5.21. The van der Waals surface area contributed by atoms with E-state index in [9.17, 15) is 14.3 Å². The number of hydrogen-bond donors (Lipinski definition) is 1. The first-order valence-electron chi connectivity index (χ1n) is 6.81. The number of nitrogens with zero attached hydrogens (tertiary/aromatic N) is 1. The maximum Gasteiger partial charge on any atom is 0.308 e. The third-order valence-corrected chi connectivity index (χ3v) is 4.53. The van der Waals surface area contributed by atoms with Gasteiger partial charge in [0.2, 0.25) is 0 Å². The van der Waals surface area contributed by atoms with Crippen molar-refractivity contribution in [2.24, 2.45) is 5.92 Å². The normalized spacial score (nSPS) is 23.1. The molecule has 0 radical (unpaired) electrons. The molecule has 0 spiro atoms. The maximum absolute atomic E-state index is 13.0. The molecule has 1 aromatic carbocycles. The topological polar surface area (TPSA) is 40.5 Å². The standard InChI is InChI=1S/C15H20FNO2S/c1-20-8-2-7-17-9-13(14(10-17)15(18)19)11-3-5-12(16)6-4-11/h3-6,13-14H,2,7-10H2,1H3,(H,18,19)/t13-,14+/m1/s1. The smallest absolute Gasteiger partial charge is 0.308 e. The third-order valence-electron chi connectivity index (χ3n) is 3.83. The lowest BCUT2D eigenvalue weighted by atomic mass is 9.89. The van der Waals surface area contributed by atoms with Gasteiger partial charge in [0.1, 0.15) is 5.82 Å². The fourth-order valence-corrected chi connectivity index (χ4v) is 3.22. The van der Waals surface area contributed by atoms with Gasteiger partial charge in [-0.05, 0) is 42.7 Å². The molecule has 3 nitrogen and oxygen atoms in total. The average Bonchev–Trinajstić information content (AvgIpc) is 2.84. The summed E-state index contributed by atoms with van der Waals surface area (Å²) in [4.78, 5) is 13.6. The number of halogens is 1. The minimum Gasteiger partial charge on any atom is -0.481 e. The number of carboxylic acids is 1. The van der Waals surface area contributed by atoms with Gasteiger partial charge >= 0.3 is 5.97 Å². The first-order chi connectivity index (χ1) is 9.61. The minimum atomic E-state index is -0.758. The van der Waals surface area contributed by atoms with Crippen molar-refractivity contribution in [2.45, 2.75) is 12.3 Å². The summed E-state index contributed by atoms with van der Waals surface area (Å²) < 4.78 is 13.0. The van der Waals surface area contributed by atoms with Crippen LogP contribution in [-0.4, -0.2) is 47.6 Å². The van der Waals surface area contributed by atoms with Crippen LogP contribution in [0.1, 0.15) is 17.9 Å². The molecular formula is C15H20FNO2S. The summed E-state index contributed by atoms with van der Waals surface area (Å²) >= 11 is 1.81. The van der Waals surface area contributed by atoms with Crippen LogP contribution in [0.2, 0.25) is 0 Å². The predicted molar refractivity (Wildman–Crippen MR) is 79.7 cm³/mol. The molecule has 0 saturated carbocycles. The molecule has 1 aliphatic rings. The van der Waals surface area contributed by atoms with Crippen LogP contribution in [0, 0.1) is 11.7 Å². The fourth-order valence-electron chi connectivity index (χ4n) is 2.80. The van der Waals surface area contributed by atoms with Crippen molar-refractivity contribution < 1.29 is 14.3 Å². The van der Waals surface area contributed by atoms with Gasteiger partial charge in [-0.3, -0.25) is 4.79 Å². The van der Waals surface area contributed by atoms with E-state index in [-0.39, 0.29) is 11.7 Å². The van der Waals surface area contributed by atoms with Gasteiger partial charge in [-0.15, -0.1) is 0 Å². The SMILES string of the molecule is CSCCCN1C[C@H](C(=O)O)[C@@H](c2ccc(F)cc2)C1. The van der Waals surface area contributed by atoms with Gasteiger partial charge in [0.15, 0.2) is 0 Å². The summed E-state index contributed by atoms with van der Waals surface area (Å²) in [6, 6.07) is 6.23. The molecule has 0 aromatic heterocycles. The molecule has 0 aliphatic carbocycles. The first-order valence-corrected chi connectivity index (χ1v) is 8.20. The molecule has 0 unspecified atom stereocenters. The number of benzene rings is 1. The molecule has 1 heterocycles. The van der Waals surface area contributed by atoms with E-state index in [1.54, 1.807) is 23.9 Å². The highest BCUT2D eigenvalue weighted by atomic mass is 32.2. The van der Waals surface area contributed by atoms with Crippen LogP contribution in [0.3, 0.4) is 0 Å². The van der Waals surface area contributed by atoms with E-state index in [0.717, 1.165) is 30.8 Å². The molecular weight excluding hydrogens is 277 g/mol. The monoisotopic (exact) mass is 297 g/mol. The number of carboxylic acid groups (broad SMARTS) is 1. The van der Waals surface area contributed by atoms with E-state index < -0.39 is 11.9 Å². The van der Waals surface area contributed by atoms with Crippen LogP contribution in [0.4, 0.5) is 4.39 Å². The van der Waals surface area contributed by atoms with Gasteiger partial charge in [0.05, 0.1) is 5.92 Å². The number of thioether (sulfide) groups is 1. The van der Waals surface area contributed by atoms with Crippen LogP contribution in [0.15, 0.2) is 24.3 Å². The molecule has 1 N–H and O–H groups in total. The Morgan fingerprint density at radius 3 is 2.70 bits per heavy atom. The number of rotatable bonds is 6. The number of aliphatic carboxylic acids is 1. The Kier molecular flexibility index (Phi) is 5.43. The highest BCUT2D eigenvalue weighted by molar-refractivity contribution is 7.98. The highest BCUT2D eigenvalue weighted by Gasteiger charge is 2.38. The van der Waals surface area contributed by atoms with Gasteiger partial charge in [0, 0.05) is 19.0 Å². The predicted octanol–water partition coefficient (Wildman–Crippen LogP) is 2.68. The van der Waals surface area contributed by atoms with Gasteiger partial charge in [-0.2, -0.15) is 11.8 Å². The summed E-state index contributed by atoms with van der Waals surface area (Å²) in [6.45, 7) is 2.27. The van der Waals surface area contributed by atoms with Gasteiger partial charge < -0.3 is 10.0 Å². The van der Waals surface area contributed by atoms with Crippen molar-refractivity contribution in [2.75, 3.05) is 31.6 Å². The van der Waals surface area contributed by atoms with Crippen LogP contribution in [0.5, 0.6) is 0 Å². The summed E-state index contributed by atoms with van der Waals surface area (Å²) in [5.41, 5.74) is 0.922. The second-order valence-corrected chi connectivity index (χ2v) is 6.19. The lowest BCUT2D eigenvalue weighted by Crippen LogP contribution is -2.24. The molecule has 1 aliphatic heterocycles. The molecule has 2 atom stereocenters. The van der Waals surface area contributed by atoms with E-state index in [1.165, 1.54) is 12.1 Å². The molecule has 5 heteroatoms. The summed E-state index contributed by atoms with van der Waals surface area (Å²) in [5, 5.41) is 9.38. The third kappa shape index (κ3) is 3.73. The number of likely N-dealkylation sites (tertiary alicyclic amines) is 1. The molecule has 0 bridgehead atoms. The van der Waals surface area contributed by atoms with E-state index in [1.807, 2.05) is 0 Å². The number of carbonyl (C=O) groups is 1. The van der Waals surface area contributed by atoms with Crippen LogP contribution < -0.4 is 0 Å². The molecule has 2 rings (SSSR count). The number of hydrogen-bond acceptors (Lipinski definition) is 3. The Morgan fingerprint density at radius 1 is 1.40 bits per heavy atom. The zero-order valence-corrected chi connectivity index (χ0v) is 12.4. The zero-order chi connectivity index (χ0) is 14.5. The lowest BCUT2D eigenvalue weighted by Gasteiger charge is -2.15. The quantitative estimate of drug-likeness (QED) is 0.820. The maximum atomic E-state index is 13.0. The second kappa shape index (κ2) is 7.09. The highest BCUT2D eigenvalue weighted by Crippen LogP contribution is 2.33. The van der Waals surface area contributed by atoms with Crippen molar-refractivity contribution in [1.29, 1.82) is 0 Å². The average molecular weight is 297 g/mol. The Hall–Kier alpha value is -1.07. The van der Waals surface area contributed by atoms with Gasteiger partial charge in [-0.1, -0.05) is 12.1 Å². The molecule has 1 saturated heterocycles. The van der Waals surface area contributed by atoms with Crippen molar-refractivity contribution in [3.63, 3.8) is 0 Å². The Bertz CT molecular complexity index is 452. The fraction of sp³-hybridized carbons (Fsp3) is 0.533. The van der Waals surface area contributed by atoms with Crippen LogP contribution in [0.25, 0.3) is 0 Å². The van der Waals surface area contributed by atoms with Crippen molar-refractivity contribution in [1.82, 2.24) is 4.90 Å². The van der Waals surface area contributed by atoms with E-state index in [4.69, 9.17) is 0 Å². The summed E-state index contributed by atoms with van der Waals surface area (Å²) in [5.74, 6) is -0.380. The first kappa shape index (κ1) is 15.3. The van der Waals surface area contributed by atoms with Crippen LogP contribution >= 0.6 is 11.8 Å². The largest absolute Gasteiger partial charge is 0.481 e. The molecule has 20 heavy (non-hydrogen) atoms. The Labute approximate surface area is 123 Å². The van der Waals surface area contributed by atoms with Gasteiger partial charge in [0.25, 0.3) is 0 Å². The van der Waals surface area contributed by atoms with Crippen molar-refractivity contribution in [3.05, 3.63) is 35.6 Å². The molecule has 1 aromatic rings. The Balaban J connectivity index is 2.05. The van der Waals surface area contributed by atoms with Crippen molar-refractivity contribution >= 4 is 17.7 Å². The van der Waals surface area contributed by atoms with E-state index in [0.29, 0.717) is 6.54 Å². The molecule has 0 amide bonds. The molecule has 1 fully saturated rings. The minimum absolute atomic E-state index is 0.0395. The van der Waals surface area contributed by atoms with Crippen molar-refractivity contribution in [3.8, 4) is 0 Å². The van der Waals surface area contributed by atoms with E-state index >= 15 is 0 Å². The zero-order valence-electron chi connectivity index (χ0n) is 11.6. The van der Waals surface area contributed by atoms with Crippen LogP contribution in [-0.2, 0) is 4.79 Å². The lowest BCUT2D eigenvalue weighted by molar-refractivity contribution is -0.141. The van der Waals surface area contributed by atoms with Gasteiger partial charge in [-0.25, -0.2) is 4.39 Å². The van der Waals surface area contributed by atoms with E-state index in [2.05, 4.69) is 11.2 Å². The summed E-state index contributed by atoms with van der Waals surface area (Å²) in [7, 11) is 0. The molecule has 110 valence electrons. The summed E-state index contributed by atoms with van der Waals surface area (Å²) in [6.07, 6.45) is 3.15. The Morgan fingerprint density at radius 2 is 2.10 bits per heavy atom.